The number of aryl methyl sites for hydroxylation is 2. The van der Waals surface area contributed by atoms with Gasteiger partial charge in [0.05, 0.1) is 0 Å². The number of hydrogen-bond acceptors (Lipinski definition) is 4. The number of aromatic amines is 2. The summed E-state index contributed by atoms with van der Waals surface area (Å²) in [6.07, 6.45) is 0. The predicted octanol–water partition coefficient (Wildman–Crippen LogP) is -2.19. The molecule has 0 radical (unpaired) electrons. The molecule has 0 spiro atoms. The molecule has 0 aliphatic carbocycles. The van der Waals surface area contributed by atoms with Crippen molar-refractivity contribution in [1.82, 2.24) is 30.4 Å². The summed E-state index contributed by atoms with van der Waals surface area (Å²) in [7, 11) is 0. The van der Waals surface area contributed by atoms with Crippen LogP contribution in [0.2, 0.25) is 0 Å². The first-order valence-electron chi connectivity index (χ1n) is 3.86. The fourth-order valence-corrected chi connectivity index (χ4v) is 5.44. The zero-order valence-electron chi connectivity index (χ0n) is 7.61. The summed E-state index contributed by atoms with van der Waals surface area (Å²) in [5, 5.41) is 13.8. The second kappa shape index (κ2) is 4.23. The fourth-order valence-electron chi connectivity index (χ4n) is 0.793. The van der Waals surface area contributed by atoms with Gasteiger partial charge in [0.1, 0.15) is 0 Å². The first kappa shape index (κ1) is 9.86. The number of aromatic nitrogens is 6. The summed E-state index contributed by atoms with van der Waals surface area (Å²) >= 11 is 0.540. The molecule has 0 unspecified atom stereocenters. The molecule has 14 heavy (non-hydrogen) atoms. The van der Waals surface area contributed by atoms with Crippen LogP contribution in [0.25, 0.3) is 0 Å². The Morgan fingerprint density at radius 3 is 1.57 bits per heavy atom. The van der Waals surface area contributed by atoms with Crippen molar-refractivity contribution < 1.29 is 0 Å². The third kappa shape index (κ3) is 2.42. The number of rotatable bonds is 3. The Bertz CT molecular complexity index is 381. The van der Waals surface area contributed by atoms with Crippen LogP contribution in [0.1, 0.15) is 11.6 Å². The van der Waals surface area contributed by atoms with E-state index in [4.69, 9.17) is 0 Å². The molecule has 2 rings (SSSR count). The maximum absolute atomic E-state index is 4.24. The van der Waals surface area contributed by atoms with Crippen LogP contribution in [-0.4, -0.2) is 56.6 Å². The van der Waals surface area contributed by atoms with Crippen LogP contribution in [0, 0.1) is 13.8 Å². The van der Waals surface area contributed by atoms with Crippen LogP contribution in [0.3, 0.4) is 0 Å². The van der Waals surface area contributed by atoms with Crippen LogP contribution in [0.4, 0.5) is 0 Å². The Morgan fingerprint density at radius 1 is 0.857 bits per heavy atom. The minimum atomic E-state index is 0.270. The molecule has 2 aromatic heterocycles. The van der Waals surface area contributed by atoms with E-state index in [9.17, 15) is 0 Å². The monoisotopic (exact) mass is 324 g/mol. The zero-order valence-corrected chi connectivity index (χ0v) is 11.0. The molecular formula is C6H8N6Se2. The van der Waals surface area contributed by atoms with Crippen LogP contribution in [-0.2, 0) is 0 Å². The van der Waals surface area contributed by atoms with Crippen molar-refractivity contribution in [2.45, 2.75) is 13.8 Å². The Balaban J connectivity index is 1.94. The molecule has 2 aromatic rings. The fraction of sp³-hybridized carbons (Fsp3) is 0.333. The number of hydrogen-bond donors (Lipinski definition) is 2. The summed E-state index contributed by atoms with van der Waals surface area (Å²) in [5.74, 6) is 1.73. The molecule has 6 nitrogen and oxygen atoms in total. The van der Waals surface area contributed by atoms with Gasteiger partial charge >= 0.3 is 91.6 Å². The van der Waals surface area contributed by atoms with Gasteiger partial charge in [-0.15, -0.1) is 0 Å². The van der Waals surface area contributed by atoms with Gasteiger partial charge in [0.2, 0.25) is 0 Å². The molecule has 0 bridgehead atoms. The summed E-state index contributed by atoms with van der Waals surface area (Å²) in [5.41, 5.74) is 0. The minimum absolute atomic E-state index is 0.270. The van der Waals surface area contributed by atoms with Crippen LogP contribution >= 0.6 is 0 Å². The van der Waals surface area contributed by atoms with E-state index >= 15 is 0 Å². The molecule has 8 heteroatoms. The van der Waals surface area contributed by atoms with E-state index in [1.165, 1.54) is 0 Å². The molecule has 0 atom stereocenters. The van der Waals surface area contributed by atoms with Crippen molar-refractivity contribution in [3.05, 3.63) is 11.6 Å². The van der Waals surface area contributed by atoms with Gasteiger partial charge < -0.3 is 0 Å². The van der Waals surface area contributed by atoms with Crippen molar-refractivity contribution in [2.24, 2.45) is 0 Å². The van der Waals surface area contributed by atoms with E-state index in [-0.39, 0.29) is 26.3 Å². The second-order valence-electron chi connectivity index (χ2n) is 2.57. The van der Waals surface area contributed by atoms with Gasteiger partial charge in [-0.2, -0.15) is 0 Å². The van der Waals surface area contributed by atoms with E-state index < -0.39 is 0 Å². The van der Waals surface area contributed by atoms with Gasteiger partial charge in [-0.1, -0.05) is 0 Å². The Hall–Kier alpha value is -0.681. The van der Waals surface area contributed by atoms with Gasteiger partial charge in [-0.3, -0.25) is 0 Å². The van der Waals surface area contributed by atoms with Gasteiger partial charge in [-0.05, 0) is 0 Å². The van der Waals surface area contributed by atoms with Crippen molar-refractivity contribution >= 4 is 35.7 Å². The summed E-state index contributed by atoms with van der Waals surface area (Å²) in [6, 6.07) is 0. The molecule has 2 heterocycles. The molecule has 74 valence electrons. The maximum atomic E-state index is 4.24. The van der Waals surface area contributed by atoms with Crippen molar-refractivity contribution in [1.29, 1.82) is 0 Å². The van der Waals surface area contributed by atoms with Crippen molar-refractivity contribution in [2.75, 3.05) is 0 Å². The standard InChI is InChI=1S/C6H8N6Se2/c1-3-7-5(11-9-3)13-14-6-8-4(2)10-12-6/h1-2H3,(H,7,9,11)(H,8,10,12). The van der Waals surface area contributed by atoms with E-state index in [0.29, 0.717) is 0 Å². The normalized spacial score (nSPS) is 10.7. The summed E-state index contributed by atoms with van der Waals surface area (Å²) < 4.78 is 1.80. The van der Waals surface area contributed by atoms with Gasteiger partial charge in [-0.25, -0.2) is 0 Å². The molecule has 0 saturated heterocycles. The molecule has 0 fully saturated rings. The van der Waals surface area contributed by atoms with Crippen LogP contribution < -0.4 is 9.45 Å². The third-order valence-corrected chi connectivity index (χ3v) is 7.07. The van der Waals surface area contributed by atoms with Crippen LogP contribution in [0.15, 0.2) is 0 Å². The van der Waals surface area contributed by atoms with E-state index in [1.807, 2.05) is 13.8 Å². The van der Waals surface area contributed by atoms with E-state index in [2.05, 4.69) is 30.4 Å². The molecule has 0 aliphatic rings. The van der Waals surface area contributed by atoms with Crippen LogP contribution in [0.5, 0.6) is 0 Å². The zero-order chi connectivity index (χ0) is 9.97. The molecular weight excluding hydrogens is 314 g/mol. The number of H-pyrrole nitrogens is 2. The van der Waals surface area contributed by atoms with E-state index in [1.54, 1.807) is 0 Å². The van der Waals surface area contributed by atoms with Crippen molar-refractivity contribution in [3.8, 4) is 0 Å². The first-order chi connectivity index (χ1) is 6.74. The summed E-state index contributed by atoms with van der Waals surface area (Å²) in [4.78, 5) is 8.49. The number of nitrogens with one attached hydrogen (secondary N) is 2. The molecule has 0 aromatic carbocycles. The SMILES string of the molecule is Cc1nc([Se][Se]c2n[nH]c(C)n2)n[nH]1. The first-order valence-corrected chi connectivity index (χ1v) is 9.91. The average Bonchev–Trinajstić information content (AvgIpc) is 2.72. The van der Waals surface area contributed by atoms with Crippen molar-refractivity contribution in [3.63, 3.8) is 0 Å². The topological polar surface area (TPSA) is 83.1 Å². The Labute approximate surface area is 91.6 Å². The molecule has 0 amide bonds. The Kier molecular flexibility index (Phi) is 2.98. The summed E-state index contributed by atoms with van der Waals surface area (Å²) in [6.45, 7) is 3.80. The third-order valence-electron chi connectivity index (χ3n) is 1.34. The van der Waals surface area contributed by atoms with Gasteiger partial charge in [0, 0.05) is 0 Å². The Morgan fingerprint density at radius 2 is 1.29 bits per heavy atom. The average molecular weight is 322 g/mol. The quantitative estimate of drug-likeness (QED) is 0.629. The van der Waals surface area contributed by atoms with Gasteiger partial charge in [0.15, 0.2) is 0 Å². The predicted molar refractivity (Wildman–Crippen MR) is 53.0 cm³/mol. The number of nitrogens with zero attached hydrogens (tertiary/aromatic N) is 4. The molecule has 0 saturated carbocycles. The molecule has 0 aliphatic heterocycles. The van der Waals surface area contributed by atoms with Gasteiger partial charge in [0.25, 0.3) is 0 Å². The molecule has 2 N–H and O–H groups in total. The van der Waals surface area contributed by atoms with E-state index in [0.717, 1.165) is 21.1 Å². The second-order valence-corrected chi connectivity index (χ2v) is 8.44.